The molecular formula is C42H35N3O7. The molecule has 0 aliphatic heterocycles. The number of aromatic carboxylic acids is 1. The maximum atomic E-state index is 13.2. The molecule has 0 atom stereocenters. The highest BCUT2D eigenvalue weighted by Gasteiger charge is 2.25. The van der Waals surface area contributed by atoms with Crippen LogP contribution in [0.5, 0.6) is 28.9 Å². The number of rotatable bonds is 11. The Morgan fingerprint density at radius 3 is 2.00 bits per heavy atom. The van der Waals surface area contributed by atoms with Crippen LogP contribution < -0.4 is 24.8 Å². The summed E-state index contributed by atoms with van der Waals surface area (Å²) < 4.78 is 18.3. The summed E-state index contributed by atoms with van der Waals surface area (Å²) in [5.74, 6) is 1.12. The quantitative estimate of drug-likeness (QED) is 0.122. The fourth-order valence-electron chi connectivity index (χ4n) is 6.15. The minimum absolute atomic E-state index is 0.0164. The summed E-state index contributed by atoms with van der Waals surface area (Å²) >= 11 is 0. The Balaban J connectivity index is 0.906. The molecule has 1 fully saturated rings. The summed E-state index contributed by atoms with van der Waals surface area (Å²) in [7, 11) is 0. The number of hydrogen-bond acceptors (Lipinski definition) is 7. The Morgan fingerprint density at radius 2 is 1.25 bits per heavy atom. The number of pyridine rings is 1. The van der Waals surface area contributed by atoms with E-state index in [4.69, 9.17) is 14.2 Å². The van der Waals surface area contributed by atoms with Crippen LogP contribution in [0.1, 0.15) is 56.8 Å². The number of ether oxygens (including phenoxy) is 3. The van der Waals surface area contributed by atoms with Crippen LogP contribution in [-0.2, 0) is 0 Å². The molecule has 10 heteroatoms. The monoisotopic (exact) mass is 693 g/mol. The van der Waals surface area contributed by atoms with Crippen molar-refractivity contribution in [3.05, 3.63) is 150 Å². The summed E-state index contributed by atoms with van der Waals surface area (Å²) in [6, 6.07) is 37.4. The number of hydrogen-bond donors (Lipinski definition) is 3. The summed E-state index contributed by atoms with van der Waals surface area (Å²) in [4.78, 5) is 41.7. The van der Waals surface area contributed by atoms with Gasteiger partial charge in [-0.2, -0.15) is 0 Å². The third kappa shape index (κ3) is 8.19. The molecule has 1 heterocycles. The molecule has 52 heavy (non-hydrogen) atoms. The molecule has 10 nitrogen and oxygen atoms in total. The highest BCUT2D eigenvalue weighted by Crippen LogP contribution is 2.31. The predicted molar refractivity (Wildman–Crippen MR) is 197 cm³/mol. The van der Waals surface area contributed by atoms with Gasteiger partial charge >= 0.3 is 5.97 Å². The van der Waals surface area contributed by atoms with Gasteiger partial charge in [0.15, 0.2) is 0 Å². The number of anilines is 1. The van der Waals surface area contributed by atoms with Gasteiger partial charge < -0.3 is 30.0 Å². The third-order valence-electron chi connectivity index (χ3n) is 8.83. The fraction of sp³-hybridized carbons (Fsp3) is 0.143. The van der Waals surface area contributed by atoms with E-state index in [1.165, 1.54) is 6.07 Å². The number of benzene rings is 5. The lowest BCUT2D eigenvalue weighted by Gasteiger charge is -2.29. The van der Waals surface area contributed by atoms with Crippen LogP contribution in [0.15, 0.2) is 134 Å². The van der Waals surface area contributed by atoms with Gasteiger partial charge in [-0.1, -0.05) is 42.5 Å². The summed E-state index contributed by atoms with van der Waals surface area (Å²) in [5, 5.41) is 17.2. The zero-order valence-corrected chi connectivity index (χ0v) is 28.0. The maximum Gasteiger partial charge on any atom is 0.337 e. The van der Waals surface area contributed by atoms with Crippen LogP contribution >= 0.6 is 0 Å². The number of aromatic nitrogens is 1. The van der Waals surface area contributed by atoms with Crippen molar-refractivity contribution in [2.75, 3.05) is 5.32 Å². The highest BCUT2D eigenvalue weighted by atomic mass is 16.5. The van der Waals surface area contributed by atoms with Gasteiger partial charge in [0.1, 0.15) is 28.6 Å². The lowest BCUT2D eigenvalue weighted by Crippen LogP contribution is -2.39. The van der Waals surface area contributed by atoms with E-state index in [1.54, 1.807) is 60.8 Å². The smallest absolute Gasteiger partial charge is 0.337 e. The molecule has 1 aliphatic rings. The van der Waals surface area contributed by atoms with Crippen molar-refractivity contribution in [1.82, 2.24) is 10.3 Å². The SMILES string of the molecule is O=C(Nc1ccccc1C(=O)O)c1ccc(Oc2ccc3cc(OC4CCC(NC(=O)c5cccnc5Oc5ccccc5)CC4)ccc3c2)cc1. The van der Waals surface area contributed by atoms with Crippen LogP contribution in [0.25, 0.3) is 10.8 Å². The average Bonchev–Trinajstić information content (AvgIpc) is 3.16. The fourth-order valence-corrected chi connectivity index (χ4v) is 6.15. The molecule has 0 unspecified atom stereocenters. The summed E-state index contributed by atoms with van der Waals surface area (Å²) in [6.07, 6.45) is 4.87. The molecule has 0 radical (unpaired) electrons. The van der Waals surface area contributed by atoms with E-state index in [0.717, 1.165) is 42.2 Å². The Hall–Kier alpha value is -6.68. The molecule has 6 aromatic rings. The third-order valence-corrected chi connectivity index (χ3v) is 8.83. The number of carbonyl (C=O) groups excluding carboxylic acids is 2. The largest absolute Gasteiger partial charge is 0.490 e. The molecule has 1 saturated carbocycles. The number of amides is 2. The van der Waals surface area contributed by atoms with Crippen LogP contribution in [0.2, 0.25) is 0 Å². The van der Waals surface area contributed by atoms with Gasteiger partial charge in [0.05, 0.1) is 17.4 Å². The Kier molecular flexibility index (Phi) is 10.1. The zero-order valence-electron chi connectivity index (χ0n) is 28.0. The normalized spacial score (nSPS) is 15.3. The van der Waals surface area contributed by atoms with E-state index in [9.17, 15) is 19.5 Å². The van der Waals surface area contributed by atoms with Crippen LogP contribution in [-0.4, -0.2) is 40.0 Å². The van der Waals surface area contributed by atoms with E-state index in [-0.39, 0.29) is 35.2 Å². The van der Waals surface area contributed by atoms with E-state index < -0.39 is 11.9 Å². The van der Waals surface area contributed by atoms with Gasteiger partial charge in [-0.05, 0) is 121 Å². The zero-order chi connectivity index (χ0) is 35.9. The molecule has 260 valence electrons. The number of para-hydroxylation sites is 2. The van der Waals surface area contributed by atoms with Gasteiger partial charge in [-0.25, -0.2) is 9.78 Å². The second-order valence-corrected chi connectivity index (χ2v) is 12.4. The first-order chi connectivity index (χ1) is 25.4. The first-order valence-corrected chi connectivity index (χ1v) is 17.0. The van der Waals surface area contributed by atoms with Gasteiger partial charge in [0, 0.05) is 17.8 Å². The first kappa shape index (κ1) is 33.8. The van der Waals surface area contributed by atoms with Crippen molar-refractivity contribution in [3.8, 4) is 28.9 Å². The number of carboxylic acids is 1. The molecule has 0 spiro atoms. The highest BCUT2D eigenvalue weighted by molar-refractivity contribution is 6.07. The minimum Gasteiger partial charge on any atom is -0.490 e. The van der Waals surface area contributed by atoms with Gasteiger partial charge in [-0.15, -0.1) is 0 Å². The van der Waals surface area contributed by atoms with Crippen LogP contribution in [0.4, 0.5) is 5.69 Å². The van der Waals surface area contributed by atoms with Crippen LogP contribution in [0.3, 0.4) is 0 Å². The molecule has 0 bridgehead atoms. The lowest BCUT2D eigenvalue weighted by atomic mass is 9.92. The summed E-state index contributed by atoms with van der Waals surface area (Å²) in [6.45, 7) is 0. The number of carbonyl (C=O) groups is 3. The van der Waals surface area contributed by atoms with Crippen molar-refractivity contribution in [3.63, 3.8) is 0 Å². The minimum atomic E-state index is -1.12. The molecular weight excluding hydrogens is 658 g/mol. The standard InChI is InChI=1S/C42H35N3O7/c46-39(45-38-11-5-4-9-36(38)42(48)49)27-12-18-32(19-13-27)50-34-20-14-29-26-35(21-15-28(29)25-34)51-33-22-16-30(17-23-33)44-40(47)37-10-6-24-43-41(37)52-31-7-2-1-3-8-31/h1-15,18-21,24-26,30,33H,16-17,22-23H2,(H,44,47)(H,45,46)(H,48,49). The van der Waals surface area contributed by atoms with Crippen molar-refractivity contribution < 1.29 is 33.7 Å². The molecule has 7 rings (SSSR count). The van der Waals surface area contributed by atoms with Crippen LogP contribution in [0, 0.1) is 0 Å². The number of nitrogens with one attached hydrogen (secondary N) is 2. The Morgan fingerprint density at radius 1 is 0.615 bits per heavy atom. The molecule has 1 aliphatic carbocycles. The van der Waals surface area contributed by atoms with E-state index in [2.05, 4.69) is 15.6 Å². The van der Waals surface area contributed by atoms with Crippen molar-refractivity contribution >= 4 is 34.2 Å². The maximum absolute atomic E-state index is 13.2. The molecule has 0 saturated heterocycles. The number of fused-ring (bicyclic) bond motifs is 1. The topological polar surface area (TPSA) is 136 Å². The van der Waals surface area contributed by atoms with E-state index in [1.807, 2.05) is 66.7 Å². The number of carboxylic acid groups (broad SMARTS) is 1. The van der Waals surface area contributed by atoms with Crippen molar-refractivity contribution in [2.24, 2.45) is 0 Å². The van der Waals surface area contributed by atoms with Gasteiger partial charge in [0.2, 0.25) is 5.88 Å². The van der Waals surface area contributed by atoms with Crippen molar-refractivity contribution in [2.45, 2.75) is 37.8 Å². The lowest BCUT2D eigenvalue weighted by molar-refractivity contribution is 0.0697. The van der Waals surface area contributed by atoms with Crippen molar-refractivity contribution in [1.29, 1.82) is 0 Å². The van der Waals surface area contributed by atoms with E-state index in [0.29, 0.717) is 28.4 Å². The number of nitrogens with zero attached hydrogens (tertiary/aromatic N) is 1. The second-order valence-electron chi connectivity index (χ2n) is 12.4. The molecule has 5 aromatic carbocycles. The predicted octanol–water partition coefficient (Wildman–Crippen LogP) is 8.89. The molecule has 1 aromatic heterocycles. The van der Waals surface area contributed by atoms with Gasteiger partial charge in [0.25, 0.3) is 11.8 Å². The Bertz CT molecular complexity index is 2220. The molecule has 3 N–H and O–H groups in total. The first-order valence-electron chi connectivity index (χ1n) is 17.0. The molecule has 2 amide bonds. The summed E-state index contributed by atoms with van der Waals surface area (Å²) in [5.41, 5.74) is 1.01. The Labute approximate surface area is 300 Å². The van der Waals surface area contributed by atoms with Gasteiger partial charge in [-0.3, -0.25) is 9.59 Å². The second kappa shape index (κ2) is 15.5. The van der Waals surface area contributed by atoms with E-state index >= 15 is 0 Å². The average molecular weight is 694 g/mol.